The lowest BCUT2D eigenvalue weighted by Gasteiger charge is -2.32. The van der Waals surface area contributed by atoms with Gasteiger partial charge in [0.25, 0.3) is 0 Å². The molecule has 0 spiro atoms. The van der Waals surface area contributed by atoms with E-state index in [1.54, 1.807) is 0 Å². The zero-order chi connectivity index (χ0) is 13.2. The van der Waals surface area contributed by atoms with E-state index in [9.17, 15) is 0 Å². The van der Waals surface area contributed by atoms with E-state index in [0.29, 0.717) is 12.0 Å². The minimum atomic E-state index is 0.392. The summed E-state index contributed by atoms with van der Waals surface area (Å²) in [6, 6.07) is 16.6. The molecule has 2 nitrogen and oxygen atoms in total. The van der Waals surface area contributed by atoms with E-state index in [1.165, 1.54) is 5.56 Å². The molecule has 98 valence electrons. The van der Waals surface area contributed by atoms with Gasteiger partial charge >= 0.3 is 0 Å². The second-order valence-corrected chi connectivity index (χ2v) is 5.97. The number of benzene rings is 2. The molecule has 3 heteroatoms. The summed E-state index contributed by atoms with van der Waals surface area (Å²) in [5.74, 6) is 2.35. The van der Waals surface area contributed by atoms with Gasteiger partial charge in [-0.2, -0.15) is 0 Å². The molecule has 1 saturated carbocycles. The molecule has 0 saturated heterocycles. The predicted molar refractivity (Wildman–Crippen MR) is 80.6 cm³/mol. The highest BCUT2D eigenvalue weighted by atomic mass is 79.9. The third-order valence-corrected chi connectivity index (χ3v) is 4.10. The van der Waals surface area contributed by atoms with E-state index >= 15 is 0 Å². The Morgan fingerprint density at radius 3 is 1.95 bits per heavy atom. The van der Waals surface area contributed by atoms with Crippen LogP contribution in [0.4, 0.5) is 0 Å². The van der Waals surface area contributed by atoms with Crippen molar-refractivity contribution in [3.05, 3.63) is 58.6 Å². The van der Waals surface area contributed by atoms with Gasteiger partial charge < -0.3 is 10.5 Å². The van der Waals surface area contributed by atoms with Crippen LogP contribution in [0.3, 0.4) is 0 Å². The zero-order valence-corrected chi connectivity index (χ0v) is 12.1. The Balaban J connectivity index is 1.67. The van der Waals surface area contributed by atoms with Gasteiger partial charge in [0.1, 0.15) is 11.5 Å². The second-order valence-electron chi connectivity index (χ2n) is 5.05. The molecule has 0 aromatic heterocycles. The normalized spacial score (nSPS) is 21.8. The van der Waals surface area contributed by atoms with Gasteiger partial charge in [-0.1, -0.05) is 28.1 Å². The molecule has 0 heterocycles. The molecule has 0 radical (unpaired) electrons. The fraction of sp³-hybridized carbons (Fsp3) is 0.250. The molecule has 3 rings (SSSR count). The van der Waals surface area contributed by atoms with Crippen LogP contribution >= 0.6 is 15.9 Å². The predicted octanol–water partition coefficient (Wildman–Crippen LogP) is 4.45. The average Bonchev–Trinajstić information content (AvgIpc) is 2.39. The second kappa shape index (κ2) is 5.35. The third kappa shape index (κ3) is 2.99. The first-order valence-electron chi connectivity index (χ1n) is 6.49. The first-order chi connectivity index (χ1) is 9.20. The van der Waals surface area contributed by atoms with Gasteiger partial charge in [0.2, 0.25) is 0 Å². The van der Waals surface area contributed by atoms with Crippen molar-refractivity contribution < 1.29 is 4.74 Å². The first kappa shape index (κ1) is 12.7. The van der Waals surface area contributed by atoms with Gasteiger partial charge in [0.15, 0.2) is 0 Å². The van der Waals surface area contributed by atoms with E-state index < -0.39 is 0 Å². The lowest BCUT2D eigenvalue weighted by atomic mass is 9.76. The van der Waals surface area contributed by atoms with Crippen LogP contribution in [0.5, 0.6) is 11.5 Å². The summed E-state index contributed by atoms with van der Waals surface area (Å²) in [7, 11) is 0. The zero-order valence-electron chi connectivity index (χ0n) is 10.6. The number of hydrogen-bond donors (Lipinski definition) is 1. The van der Waals surface area contributed by atoms with Crippen LogP contribution in [0.1, 0.15) is 24.3 Å². The molecule has 19 heavy (non-hydrogen) atoms. The number of nitrogens with two attached hydrogens (primary N) is 1. The van der Waals surface area contributed by atoms with Gasteiger partial charge in [-0.15, -0.1) is 0 Å². The van der Waals surface area contributed by atoms with Crippen LogP contribution in [-0.4, -0.2) is 6.04 Å². The van der Waals surface area contributed by atoms with Crippen molar-refractivity contribution in [3.8, 4) is 11.5 Å². The Morgan fingerprint density at radius 2 is 1.42 bits per heavy atom. The van der Waals surface area contributed by atoms with Crippen molar-refractivity contribution in [2.24, 2.45) is 5.73 Å². The van der Waals surface area contributed by atoms with Crippen molar-refractivity contribution in [1.82, 2.24) is 0 Å². The minimum Gasteiger partial charge on any atom is -0.457 e. The first-order valence-corrected chi connectivity index (χ1v) is 7.29. The Hall–Kier alpha value is -1.32. The van der Waals surface area contributed by atoms with E-state index in [2.05, 4.69) is 28.1 Å². The highest BCUT2D eigenvalue weighted by Gasteiger charge is 2.26. The van der Waals surface area contributed by atoms with E-state index in [1.807, 2.05) is 36.4 Å². The smallest absolute Gasteiger partial charge is 0.127 e. The fourth-order valence-electron chi connectivity index (χ4n) is 2.38. The molecule has 2 N–H and O–H groups in total. The molecule has 0 atom stereocenters. The molecule has 0 bridgehead atoms. The van der Waals surface area contributed by atoms with Crippen LogP contribution in [0.25, 0.3) is 0 Å². The van der Waals surface area contributed by atoms with Gasteiger partial charge in [0.05, 0.1) is 0 Å². The number of hydrogen-bond acceptors (Lipinski definition) is 2. The molecule has 2 aromatic carbocycles. The van der Waals surface area contributed by atoms with Gasteiger partial charge in [-0.3, -0.25) is 0 Å². The van der Waals surface area contributed by atoms with Crippen molar-refractivity contribution >= 4 is 15.9 Å². The Kier molecular flexibility index (Phi) is 3.58. The molecule has 0 unspecified atom stereocenters. The summed E-state index contributed by atoms with van der Waals surface area (Å²) in [4.78, 5) is 0. The summed E-state index contributed by atoms with van der Waals surface area (Å²) >= 11 is 3.41. The molecule has 1 aliphatic rings. The molecular formula is C16H16BrNO. The highest BCUT2D eigenvalue weighted by molar-refractivity contribution is 9.10. The van der Waals surface area contributed by atoms with Crippen LogP contribution in [-0.2, 0) is 0 Å². The van der Waals surface area contributed by atoms with Crippen molar-refractivity contribution in [2.45, 2.75) is 24.8 Å². The Labute approximate surface area is 121 Å². The molecule has 0 aliphatic heterocycles. The molecule has 1 fully saturated rings. The summed E-state index contributed by atoms with van der Waals surface area (Å²) in [6.45, 7) is 0. The number of rotatable bonds is 3. The number of ether oxygens (including phenoxy) is 1. The quantitative estimate of drug-likeness (QED) is 0.907. The van der Waals surface area contributed by atoms with Gasteiger partial charge in [0, 0.05) is 10.5 Å². The fourth-order valence-corrected chi connectivity index (χ4v) is 2.65. The Morgan fingerprint density at radius 1 is 0.895 bits per heavy atom. The van der Waals surface area contributed by atoms with Crippen LogP contribution in [0, 0.1) is 0 Å². The maximum atomic E-state index is 5.82. The maximum Gasteiger partial charge on any atom is 0.127 e. The van der Waals surface area contributed by atoms with E-state index in [4.69, 9.17) is 10.5 Å². The lowest BCUT2D eigenvalue weighted by Crippen LogP contribution is -2.34. The van der Waals surface area contributed by atoms with Crippen molar-refractivity contribution in [3.63, 3.8) is 0 Å². The molecule has 0 amide bonds. The summed E-state index contributed by atoms with van der Waals surface area (Å²) in [5.41, 5.74) is 7.19. The molecular weight excluding hydrogens is 302 g/mol. The van der Waals surface area contributed by atoms with Crippen LogP contribution < -0.4 is 10.5 Å². The van der Waals surface area contributed by atoms with Gasteiger partial charge in [-0.25, -0.2) is 0 Å². The number of halogens is 1. The van der Waals surface area contributed by atoms with E-state index in [0.717, 1.165) is 28.8 Å². The standard InChI is InChI=1S/C16H16BrNO/c17-13-3-7-16(8-4-13)19-15-5-1-11(2-6-15)12-9-14(18)10-12/h1-8,12,14H,9-10,18H2. The maximum absolute atomic E-state index is 5.82. The minimum absolute atomic E-state index is 0.392. The van der Waals surface area contributed by atoms with Gasteiger partial charge in [-0.05, 0) is 60.7 Å². The largest absolute Gasteiger partial charge is 0.457 e. The molecule has 1 aliphatic carbocycles. The third-order valence-electron chi connectivity index (χ3n) is 3.58. The molecule has 2 aromatic rings. The van der Waals surface area contributed by atoms with E-state index in [-0.39, 0.29) is 0 Å². The average molecular weight is 318 g/mol. The topological polar surface area (TPSA) is 35.2 Å². The van der Waals surface area contributed by atoms with Crippen LogP contribution in [0.15, 0.2) is 53.0 Å². The summed E-state index contributed by atoms with van der Waals surface area (Å²) < 4.78 is 6.85. The summed E-state index contributed by atoms with van der Waals surface area (Å²) in [5, 5.41) is 0. The van der Waals surface area contributed by atoms with Crippen molar-refractivity contribution in [1.29, 1.82) is 0 Å². The summed E-state index contributed by atoms with van der Waals surface area (Å²) in [6.07, 6.45) is 2.21. The van der Waals surface area contributed by atoms with Crippen LogP contribution in [0.2, 0.25) is 0 Å². The monoisotopic (exact) mass is 317 g/mol. The SMILES string of the molecule is NC1CC(c2ccc(Oc3ccc(Br)cc3)cc2)C1. The highest BCUT2D eigenvalue weighted by Crippen LogP contribution is 2.36. The lowest BCUT2D eigenvalue weighted by molar-refractivity contribution is 0.351. The Bertz CT molecular complexity index is 544. The van der Waals surface area contributed by atoms with Crippen molar-refractivity contribution in [2.75, 3.05) is 0 Å².